The van der Waals surface area contributed by atoms with Crippen LogP contribution in [0.3, 0.4) is 0 Å². The number of carbonyl (C=O) groups is 2. The number of ether oxygens (including phenoxy) is 1. The predicted molar refractivity (Wildman–Crippen MR) is 96.5 cm³/mol. The van der Waals surface area contributed by atoms with Crippen LogP contribution < -0.4 is 40.0 Å². The Morgan fingerprint density at radius 3 is 2.04 bits per heavy atom. The molecule has 3 rings (SSSR count). The summed E-state index contributed by atoms with van der Waals surface area (Å²) in [5, 5.41) is 13.6. The molecule has 0 fully saturated rings. The van der Waals surface area contributed by atoms with E-state index < -0.39 is 18.1 Å². The fourth-order valence-corrected chi connectivity index (χ4v) is 3.47. The fraction of sp³-hybridized carbons (Fsp3) is 0.333. The molecular weight excluding hydrogens is 353 g/mol. The Kier molecular flexibility index (Phi) is 7.48. The Hall–Kier alpha value is -1.82. The molecule has 0 unspecified atom stereocenters. The largest absolute Gasteiger partial charge is 1.00 e. The average molecular weight is 375 g/mol. The van der Waals surface area contributed by atoms with Crippen molar-refractivity contribution >= 4 is 12.1 Å². The van der Waals surface area contributed by atoms with Crippen molar-refractivity contribution in [2.45, 2.75) is 32.2 Å². The van der Waals surface area contributed by atoms with Gasteiger partial charge in [0.15, 0.2) is 0 Å². The van der Waals surface area contributed by atoms with Crippen molar-refractivity contribution < 1.29 is 49.0 Å². The molecule has 136 valence electrons. The van der Waals surface area contributed by atoms with Crippen LogP contribution in [-0.2, 0) is 9.53 Å². The molecule has 0 spiro atoms. The first-order chi connectivity index (χ1) is 12.5. The molecule has 1 N–H and O–H groups in total. The molecule has 5 nitrogen and oxygen atoms in total. The van der Waals surface area contributed by atoms with Crippen molar-refractivity contribution in [2.75, 3.05) is 6.61 Å². The van der Waals surface area contributed by atoms with Crippen LogP contribution in [0.5, 0.6) is 0 Å². The van der Waals surface area contributed by atoms with Crippen LogP contribution >= 0.6 is 0 Å². The molecule has 1 amide bonds. The van der Waals surface area contributed by atoms with Crippen LogP contribution in [0, 0.1) is 5.92 Å². The van der Waals surface area contributed by atoms with Gasteiger partial charge < -0.3 is 20.0 Å². The van der Waals surface area contributed by atoms with E-state index in [1.807, 2.05) is 50.2 Å². The van der Waals surface area contributed by atoms with Gasteiger partial charge in [-0.2, -0.15) is 0 Å². The van der Waals surface area contributed by atoms with Gasteiger partial charge in [0.25, 0.3) is 0 Å². The third-order valence-corrected chi connectivity index (χ3v) is 4.63. The van der Waals surface area contributed by atoms with E-state index in [2.05, 4.69) is 17.4 Å². The van der Waals surface area contributed by atoms with Gasteiger partial charge in [0.1, 0.15) is 6.61 Å². The average Bonchev–Trinajstić information content (AvgIpc) is 2.93. The normalized spacial score (nSPS) is 13.3. The summed E-state index contributed by atoms with van der Waals surface area (Å²) in [6.45, 7) is 3.92. The number of rotatable bonds is 6. The van der Waals surface area contributed by atoms with E-state index in [0.717, 1.165) is 22.3 Å². The number of carbonyl (C=O) groups excluding carboxylic acids is 2. The Labute approximate surface area is 181 Å². The quantitative estimate of drug-likeness (QED) is 0.703. The second kappa shape index (κ2) is 9.40. The number of carboxylic acids is 1. The summed E-state index contributed by atoms with van der Waals surface area (Å²) in [7, 11) is 0. The molecule has 0 radical (unpaired) electrons. The first-order valence-electron chi connectivity index (χ1n) is 8.79. The number of benzene rings is 2. The summed E-state index contributed by atoms with van der Waals surface area (Å²) in [6, 6.07) is 15.0. The summed E-state index contributed by atoms with van der Waals surface area (Å²) in [6.07, 6.45) is -0.436. The van der Waals surface area contributed by atoms with Gasteiger partial charge in [-0.15, -0.1) is 0 Å². The van der Waals surface area contributed by atoms with Gasteiger partial charge in [-0.1, -0.05) is 62.4 Å². The monoisotopic (exact) mass is 375 g/mol. The third-order valence-electron chi connectivity index (χ3n) is 4.63. The van der Waals surface area contributed by atoms with Gasteiger partial charge in [0.2, 0.25) is 0 Å². The smallest absolute Gasteiger partial charge is 0.548 e. The molecular formula is C21H22NNaO4. The first-order valence-corrected chi connectivity index (χ1v) is 8.79. The van der Waals surface area contributed by atoms with Crippen molar-refractivity contribution in [3.63, 3.8) is 0 Å². The zero-order chi connectivity index (χ0) is 18.7. The van der Waals surface area contributed by atoms with Gasteiger partial charge in [-0.3, -0.25) is 0 Å². The van der Waals surface area contributed by atoms with Crippen LogP contribution in [0.15, 0.2) is 48.5 Å². The van der Waals surface area contributed by atoms with Gasteiger partial charge >= 0.3 is 35.7 Å². The SMILES string of the molecule is CC(C)C[C@H](NC(=O)OCC1c2ccccc2-c2ccccc21)C(=O)[O-].[Na+]. The molecule has 6 heteroatoms. The number of hydrogen-bond donors (Lipinski definition) is 1. The molecule has 0 heterocycles. The maximum absolute atomic E-state index is 12.1. The molecule has 0 aromatic heterocycles. The van der Waals surface area contributed by atoms with Crippen molar-refractivity contribution in [2.24, 2.45) is 5.92 Å². The van der Waals surface area contributed by atoms with Crippen molar-refractivity contribution in [1.82, 2.24) is 5.32 Å². The van der Waals surface area contributed by atoms with Crippen molar-refractivity contribution in [1.29, 1.82) is 0 Å². The summed E-state index contributed by atoms with van der Waals surface area (Å²) in [5.74, 6) is -1.24. The second-order valence-electron chi connectivity index (χ2n) is 6.97. The third kappa shape index (κ3) is 4.92. The number of aliphatic carboxylic acids is 1. The van der Waals surface area contributed by atoms with Gasteiger partial charge in [-0.25, -0.2) is 4.79 Å². The van der Waals surface area contributed by atoms with Crippen LogP contribution in [0.2, 0.25) is 0 Å². The zero-order valence-corrected chi connectivity index (χ0v) is 17.9. The van der Waals surface area contributed by atoms with E-state index in [4.69, 9.17) is 4.74 Å². The number of alkyl carbamates (subject to hydrolysis) is 1. The molecule has 0 bridgehead atoms. The summed E-state index contributed by atoms with van der Waals surface area (Å²) in [4.78, 5) is 23.3. The molecule has 0 aliphatic heterocycles. The van der Waals surface area contributed by atoms with E-state index in [1.54, 1.807) is 0 Å². The van der Waals surface area contributed by atoms with E-state index in [-0.39, 0.29) is 48.0 Å². The molecule has 1 aliphatic carbocycles. The molecule has 2 aromatic carbocycles. The van der Waals surface area contributed by atoms with E-state index in [0.29, 0.717) is 6.42 Å². The number of nitrogens with one attached hydrogen (secondary N) is 1. The Bertz CT molecular complexity index is 776. The number of hydrogen-bond acceptors (Lipinski definition) is 4. The van der Waals surface area contributed by atoms with Gasteiger partial charge in [0.05, 0.1) is 12.0 Å². The first kappa shape index (κ1) is 21.5. The van der Waals surface area contributed by atoms with Crippen LogP contribution in [0.25, 0.3) is 11.1 Å². The van der Waals surface area contributed by atoms with E-state index >= 15 is 0 Å². The standard InChI is InChI=1S/C21H23NO4.Na/c1-13(2)11-19(20(23)24)22-21(25)26-12-18-16-9-5-3-7-14(16)15-8-4-6-10-17(15)18;/h3-10,13,18-19H,11-12H2,1-2H3,(H,22,25)(H,23,24);/q;+1/p-1/t19-;/m0./s1. The maximum atomic E-state index is 12.1. The van der Waals surface area contributed by atoms with Crippen LogP contribution in [0.1, 0.15) is 37.3 Å². The summed E-state index contributed by atoms with van der Waals surface area (Å²) >= 11 is 0. The maximum Gasteiger partial charge on any atom is 1.00 e. The van der Waals surface area contributed by atoms with E-state index in [9.17, 15) is 14.7 Å². The number of fused-ring (bicyclic) bond motifs is 3. The second-order valence-corrected chi connectivity index (χ2v) is 6.97. The molecule has 0 saturated heterocycles. The molecule has 27 heavy (non-hydrogen) atoms. The number of carboxylic acid groups (broad SMARTS) is 1. The minimum Gasteiger partial charge on any atom is -0.548 e. The molecule has 2 aromatic rings. The Balaban J connectivity index is 0.00000261. The minimum atomic E-state index is -1.30. The summed E-state index contributed by atoms with van der Waals surface area (Å²) < 4.78 is 5.36. The van der Waals surface area contributed by atoms with Crippen LogP contribution in [0.4, 0.5) is 4.79 Å². The number of amides is 1. The van der Waals surface area contributed by atoms with Gasteiger partial charge in [0, 0.05) is 5.92 Å². The molecule has 1 atom stereocenters. The Morgan fingerprint density at radius 2 is 1.56 bits per heavy atom. The molecule has 0 saturated carbocycles. The summed E-state index contributed by atoms with van der Waals surface area (Å²) in [5.41, 5.74) is 4.51. The topological polar surface area (TPSA) is 78.5 Å². The van der Waals surface area contributed by atoms with Crippen molar-refractivity contribution in [3.05, 3.63) is 59.7 Å². The minimum absolute atomic E-state index is 0. The predicted octanol–water partition coefficient (Wildman–Crippen LogP) is -0.306. The van der Waals surface area contributed by atoms with Crippen molar-refractivity contribution in [3.8, 4) is 11.1 Å². The zero-order valence-electron chi connectivity index (χ0n) is 15.9. The van der Waals surface area contributed by atoms with Crippen LogP contribution in [-0.4, -0.2) is 24.7 Å². The fourth-order valence-electron chi connectivity index (χ4n) is 3.47. The molecule has 1 aliphatic rings. The Morgan fingerprint density at radius 1 is 1.04 bits per heavy atom. The van der Waals surface area contributed by atoms with Gasteiger partial charge in [-0.05, 0) is 34.6 Å². The van der Waals surface area contributed by atoms with E-state index in [1.165, 1.54) is 0 Å².